The first-order valence-corrected chi connectivity index (χ1v) is 9.13. The van der Waals surface area contributed by atoms with Crippen molar-refractivity contribution in [3.05, 3.63) is 64.4 Å². The highest BCUT2D eigenvalue weighted by Gasteiger charge is 2.30. The molecule has 0 saturated carbocycles. The molecule has 22 heavy (non-hydrogen) atoms. The van der Waals surface area contributed by atoms with Gasteiger partial charge in [0.2, 0.25) is 0 Å². The monoisotopic (exact) mass is 380 g/mol. The van der Waals surface area contributed by atoms with E-state index in [1.807, 2.05) is 51.2 Å². The maximum absolute atomic E-state index is 12.5. The molecule has 1 heterocycles. The van der Waals surface area contributed by atoms with Crippen LogP contribution < -0.4 is 4.72 Å². The van der Waals surface area contributed by atoms with Gasteiger partial charge in [-0.05, 0) is 60.3 Å². The summed E-state index contributed by atoms with van der Waals surface area (Å²) in [5.41, 5.74) is 2.22. The van der Waals surface area contributed by atoms with Crippen molar-refractivity contribution in [2.75, 3.05) is 0 Å². The van der Waals surface area contributed by atoms with Crippen molar-refractivity contribution in [2.24, 2.45) is 0 Å². The molecule has 2 aromatic rings. The van der Waals surface area contributed by atoms with Crippen LogP contribution in [0.2, 0.25) is 0 Å². The summed E-state index contributed by atoms with van der Waals surface area (Å²) in [6, 6.07) is 12.2. The minimum absolute atomic E-state index is 0.0486. The molecule has 118 valence electrons. The van der Waals surface area contributed by atoms with Gasteiger partial charge in [0.15, 0.2) is 0 Å². The van der Waals surface area contributed by atoms with Crippen LogP contribution in [0.3, 0.4) is 0 Å². The van der Waals surface area contributed by atoms with E-state index in [-0.39, 0.29) is 10.8 Å². The molecule has 1 N–H and O–H groups in total. The second-order valence-corrected chi connectivity index (χ2v) is 9.09. The van der Waals surface area contributed by atoms with Gasteiger partial charge in [-0.25, -0.2) is 0 Å². The van der Waals surface area contributed by atoms with Gasteiger partial charge in [-0.1, -0.05) is 30.3 Å². The largest absolute Gasteiger partial charge is 0.598 e. The van der Waals surface area contributed by atoms with Crippen LogP contribution in [0.25, 0.3) is 0 Å². The Morgan fingerprint density at radius 3 is 2.50 bits per heavy atom. The fourth-order valence-corrected chi connectivity index (χ4v) is 3.22. The topological polar surface area (TPSA) is 48.0 Å². The van der Waals surface area contributed by atoms with Gasteiger partial charge >= 0.3 is 0 Å². The zero-order valence-electron chi connectivity index (χ0n) is 13.0. The van der Waals surface area contributed by atoms with Gasteiger partial charge in [-0.2, -0.15) is 0 Å². The lowest BCUT2D eigenvalue weighted by molar-refractivity contribution is 0.521. The summed E-state index contributed by atoms with van der Waals surface area (Å²) in [6.07, 6.45) is 4.34. The summed E-state index contributed by atoms with van der Waals surface area (Å²) in [5, 5.41) is 0. The molecule has 0 saturated heterocycles. The fraction of sp³-hybridized carbons (Fsp3) is 0.353. The normalized spacial score (nSPS) is 14.6. The minimum atomic E-state index is -1.14. The SMILES string of the molecule is CC(C)(C)[S@@+]([O-])NC(Cc1ccccc1)c1cncc(Br)c1. The number of benzene rings is 1. The molecule has 2 rings (SSSR count). The fourth-order valence-electron chi connectivity index (χ4n) is 2.00. The molecule has 5 heteroatoms. The van der Waals surface area contributed by atoms with E-state index in [0.29, 0.717) is 0 Å². The van der Waals surface area contributed by atoms with Crippen molar-refractivity contribution in [2.45, 2.75) is 38.0 Å². The molecule has 1 unspecified atom stereocenters. The smallest absolute Gasteiger partial charge is 0.136 e. The number of nitrogens with one attached hydrogen (secondary N) is 1. The molecule has 0 amide bonds. The van der Waals surface area contributed by atoms with Crippen LogP contribution in [0, 0.1) is 0 Å². The molecule has 0 fully saturated rings. The highest BCUT2D eigenvalue weighted by molar-refractivity contribution is 9.10. The number of hydrogen-bond donors (Lipinski definition) is 1. The maximum Gasteiger partial charge on any atom is 0.136 e. The van der Waals surface area contributed by atoms with Crippen molar-refractivity contribution in [1.82, 2.24) is 9.71 Å². The Morgan fingerprint density at radius 1 is 1.23 bits per heavy atom. The quantitative estimate of drug-likeness (QED) is 0.791. The van der Waals surface area contributed by atoms with E-state index < -0.39 is 11.4 Å². The zero-order valence-corrected chi connectivity index (χ0v) is 15.4. The van der Waals surface area contributed by atoms with Gasteiger partial charge in [0, 0.05) is 28.2 Å². The highest BCUT2D eigenvalue weighted by Crippen LogP contribution is 2.24. The summed E-state index contributed by atoms with van der Waals surface area (Å²) in [4.78, 5) is 4.23. The van der Waals surface area contributed by atoms with Crippen molar-refractivity contribution >= 4 is 27.3 Å². The van der Waals surface area contributed by atoms with E-state index in [9.17, 15) is 4.55 Å². The first-order chi connectivity index (χ1) is 10.4. The van der Waals surface area contributed by atoms with Crippen LogP contribution in [-0.2, 0) is 17.8 Å². The van der Waals surface area contributed by atoms with Gasteiger partial charge < -0.3 is 4.55 Å². The Kier molecular flexibility index (Phi) is 6.03. The number of aromatic nitrogens is 1. The third-order valence-electron chi connectivity index (χ3n) is 3.22. The van der Waals surface area contributed by atoms with Crippen molar-refractivity contribution in [1.29, 1.82) is 0 Å². The second-order valence-electron chi connectivity index (χ2n) is 6.18. The minimum Gasteiger partial charge on any atom is -0.598 e. The molecule has 0 bridgehead atoms. The predicted molar refractivity (Wildman–Crippen MR) is 95.9 cm³/mol. The zero-order chi connectivity index (χ0) is 16.2. The third-order valence-corrected chi connectivity index (χ3v) is 5.26. The number of pyridine rings is 1. The Labute approximate surface area is 144 Å². The average molecular weight is 381 g/mol. The standard InChI is InChI=1S/C17H21BrN2OS/c1-17(2,3)22(21)20-16(9-13-7-5-4-6-8-13)14-10-15(18)12-19-11-14/h4-8,10-12,16,20H,9H2,1-3H3/t16?,22-/m1/s1. The lowest BCUT2D eigenvalue weighted by Gasteiger charge is -2.28. The molecule has 1 aromatic carbocycles. The van der Waals surface area contributed by atoms with Gasteiger partial charge in [0.25, 0.3) is 0 Å². The molecule has 0 aliphatic rings. The predicted octanol–water partition coefficient (Wildman–Crippen LogP) is 4.18. The summed E-state index contributed by atoms with van der Waals surface area (Å²) >= 11 is 2.31. The first kappa shape index (κ1) is 17.5. The van der Waals surface area contributed by atoms with Gasteiger partial charge in [0.1, 0.15) is 4.75 Å². The Morgan fingerprint density at radius 2 is 1.91 bits per heavy atom. The first-order valence-electron chi connectivity index (χ1n) is 7.18. The third kappa shape index (κ3) is 5.09. The molecule has 3 nitrogen and oxygen atoms in total. The van der Waals surface area contributed by atoms with Crippen LogP contribution in [0.5, 0.6) is 0 Å². The number of rotatable bonds is 5. The maximum atomic E-state index is 12.5. The Balaban J connectivity index is 2.24. The second kappa shape index (κ2) is 7.59. The van der Waals surface area contributed by atoms with E-state index >= 15 is 0 Å². The van der Waals surface area contributed by atoms with Crippen molar-refractivity contribution in [3.8, 4) is 0 Å². The van der Waals surface area contributed by atoms with Gasteiger partial charge in [-0.15, -0.1) is 4.72 Å². The van der Waals surface area contributed by atoms with Crippen molar-refractivity contribution in [3.63, 3.8) is 0 Å². The molecule has 2 atom stereocenters. The number of hydrogen-bond acceptors (Lipinski definition) is 3. The van der Waals surface area contributed by atoms with Crippen LogP contribution in [0.4, 0.5) is 0 Å². The van der Waals surface area contributed by atoms with E-state index in [2.05, 4.69) is 37.8 Å². The summed E-state index contributed by atoms with van der Waals surface area (Å²) in [6.45, 7) is 5.90. The highest BCUT2D eigenvalue weighted by atomic mass is 79.9. The van der Waals surface area contributed by atoms with Crippen LogP contribution in [-0.4, -0.2) is 14.3 Å². The number of halogens is 1. The molecule has 0 spiro atoms. The molecule has 1 aromatic heterocycles. The van der Waals surface area contributed by atoms with Gasteiger partial charge in [0.05, 0.1) is 6.04 Å². The van der Waals surface area contributed by atoms with Gasteiger partial charge in [-0.3, -0.25) is 4.98 Å². The summed E-state index contributed by atoms with van der Waals surface area (Å²) in [5.74, 6) is 0. The van der Waals surface area contributed by atoms with Crippen molar-refractivity contribution < 1.29 is 4.55 Å². The Hall–Kier alpha value is -0.880. The molecule has 0 radical (unpaired) electrons. The lowest BCUT2D eigenvalue weighted by Crippen LogP contribution is -2.41. The van der Waals surface area contributed by atoms with E-state index in [1.54, 1.807) is 6.20 Å². The van der Waals surface area contributed by atoms with E-state index in [0.717, 1.165) is 16.5 Å². The molecular weight excluding hydrogens is 360 g/mol. The number of nitrogens with zero attached hydrogens (tertiary/aromatic N) is 1. The molecular formula is C17H21BrN2OS. The summed E-state index contributed by atoms with van der Waals surface area (Å²) < 4.78 is 16.4. The Bertz CT molecular complexity index is 601. The van der Waals surface area contributed by atoms with Crippen LogP contribution in [0.1, 0.15) is 37.9 Å². The average Bonchev–Trinajstić information content (AvgIpc) is 2.46. The molecule has 0 aliphatic carbocycles. The van der Waals surface area contributed by atoms with Crippen LogP contribution in [0.15, 0.2) is 53.3 Å². The molecule has 0 aliphatic heterocycles. The summed E-state index contributed by atoms with van der Waals surface area (Å²) in [7, 11) is 0. The lowest BCUT2D eigenvalue weighted by atomic mass is 10.0. The van der Waals surface area contributed by atoms with Crippen LogP contribution >= 0.6 is 15.9 Å². The van der Waals surface area contributed by atoms with E-state index in [4.69, 9.17) is 0 Å². The van der Waals surface area contributed by atoms with E-state index in [1.165, 1.54) is 5.56 Å².